The molecular weight excluding hydrogens is 397 g/mol. The average Bonchev–Trinajstić information content (AvgIpc) is 3.06. The van der Waals surface area contributed by atoms with Gasteiger partial charge in [-0.25, -0.2) is 0 Å². The molecule has 0 spiro atoms. The number of nitrogens with two attached hydrogens (primary N) is 1. The van der Waals surface area contributed by atoms with Crippen LogP contribution in [-0.4, -0.2) is 48.1 Å². The molecule has 4 N–H and O–H groups in total. The number of rotatable bonds is 7. The maximum atomic E-state index is 12.1. The summed E-state index contributed by atoms with van der Waals surface area (Å²) in [5.41, 5.74) is 7.04. The van der Waals surface area contributed by atoms with Gasteiger partial charge in [0, 0.05) is 25.6 Å². The van der Waals surface area contributed by atoms with Crippen LogP contribution < -0.4 is 11.1 Å². The van der Waals surface area contributed by atoms with Crippen molar-refractivity contribution in [3.8, 4) is 0 Å². The van der Waals surface area contributed by atoms with E-state index in [1.54, 1.807) is 0 Å². The Hall–Kier alpha value is -0.850. The Morgan fingerprint density at radius 3 is 2.43 bits per heavy atom. The first kappa shape index (κ1) is 25.2. The number of carbonyl (C=O) groups excluding carboxylic acids is 1. The Morgan fingerprint density at radius 2 is 1.82 bits per heavy atom. The van der Waals surface area contributed by atoms with Crippen molar-refractivity contribution in [1.82, 2.24) is 10.2 Å². The molecule has 7 heteroatoms. The number of likely N-dealkylation sites (tertiary alicyclic amines) is 1. The number of halogens is 2. The Labute approximate surface area is 181 Å². The monoisotopic (exact) mass is 431 g/mol. The lowest BCUT2D eigenvalue weighted by atomic mass is 9.95. The summed E-state index contributed by atoms with van der Waals surface area (Å²) < 4.78 is 0. The molecule has 0 aromatic heterocycles. The Bertz CT molecular complexity index is 568. The molecule has 28 heavy (non-hydrogen) atoms. The van der Waals surface area contributed by atoms with Gasteiger partial charge in [0.1, 0.15) is 0 Å². The lowest BCUT2D eigenvalue weighted by molar-refractivity contribution is -0.122. The maximum absolute atomic E-state index is 12.1. The zero-order chi connectivity index (χ0) is 18.4. The van der Waals surface area contributed by atoms with Crippen LogP contribution in [-0.2, 0) is 4.79 Å². The normalized spacial score (nSPS) is 24.1. The zero-order valence-corrected chi connectivity index (χ0v) is 18.1. The minimum absolute atomic E-state index is 0. The van der Waals surface area contributed by atoms with Gasteiger partial charge in [-0.3, -0.25) is 4.79 Å². The summed E-state index contributed by atoms with van der Waals surface area (Å²) in [6, 6.07) is 10.1. The largest absolute Gasteiger partial charge is 0.387 e. The van der Waals surface area contributed by atoms with Crippen molar-refractivity contribution < 1.29 is 9.90 Å². The summed E-state index contributed by atoms with van der Waals surface area (Å²) in [4.78, 5) is 14.5. The third-order valence-corrected chi connectivity index (χ3v) is 6.08. The summed E-state index contributed by atoms with van der Waals surface area (Å²) in [5, 5.41) is 13.5. The second kappa shape index (κ2) is 12.7. The lowest BCUT2D eigenvalue weighted by Crippen LogP contribution is -2.40. The van der Waals surface area contributed by atoms with E-state index < -0.39 is 6.10 Å². The number of benzene rings is 1. The summed E-state index contributed by atoms with van der Waals surface area (Å²) in [6.45, 7) is 3.42. The molecule has 1 aromatic rings. The topological polar surface area (TPSA) is 78.6 Å². The highest BCUT2D eigenvalue weighted by atomic mass is 35.5. The van der Waals surface area contributed by atoms with E-state index >= 15 is 0 Å². The molecule has 2 fully saturated rings. The first-order valence-corrected chi connectivity index (χ1v) is 10.1. The third-order valence-electron chi connectivity index (χ3n) is 6.08. The van der Waals surface area contributed by atoms with Crippen molar-refractivity contribution in [3.63, 3.8) is 0 Å². The number of amides is 1. The fraction of sp³-hybridized carbons (Fsp3) is 0.667. The van der Waals surface area contributed by atoms with Gasteiger partial charge in [0.25, 0.3) is 0 Å². The third kappa shape index (κ3) is 7.53. The van der Waals surface area contributed by atoms with Crippen LogP contribution in [0.3, 0.4) is 0 Å². The summed E-state index contributed by atoms with van der Waals surface area (Å²) in [6.07, 6.45) is 5.62. The number of hydrogen-bond donors (Lipinski definition) is 3. The highest BCUT2D eigenvalue weighted by Crippen LogP contribution is 2.26. The Balaban J connectivity index is 0.00000196. The predicted octanol–water partition coefficient (Wildman–Crippen LogP) is 2.91. The lowest BCUT2D eigenvalue weighted by Gasteiger charge is -2.33. The van der Waals surface area contributed by atoms with E-state index in [4.69, 9.17) is 5.73 Å². The van der Waals surface area contributed by atoms with Gasteiger partial charge in [-0.05, 0) is 56.2 Å². The van der Waals surface area contributed by atoms with E-state index in [9.17, 15) is 9.90 Å². The van der Waals surface area contributed by atoms with Crippen molar-refractivity contribution in [2.75, 3.05) is 26.2 Å². The maximum Gasteiger partial charge on any atom is 0.220 e. The molecular formula is C21H35Cl2N3O2. The molecule has 160 valence electrons. The van der Waals surface area contributed by atoms with Gasteiger partial charge in [0.05, 0.1) is 6.10 Å². The standard InChI is InChI=1S/C21H33N3O2.2ClH/c22-19-8-4-7-18(19)13-21(26)23-14-16-9-11-24(12-10-16)15-20(25)17-5-2-1-3-6-17;;/h1-3,5-6,16,18-20,25H,4,7-15,22H2,(H,23,26);2*1H/t18-,19+,20?;;/m0../s1. The fourth-order valence-corrected chi connectivity index (χ4v) is 4.29. The average molecular weight is 432 g/mol. The highest BCUT2D eigenvalue weighted by Gasteiger charge is 2.27. The van der Waals surface area contributed by atoms with Crippen LogP contribution in [0.4, 0.5) is 0 Å². The van der Waals surface area contributed by atoms with E-state index in [1.165, 1.54) is 0 Å². The number of nitrogens with one attached hydrogen (secondary N) is 1. The molecule has 3 atom stereocenters. The number of piperidine rings is 1. The van der Waals surface area contributed by atoms with E-state index in [1.807, 2.05) is 30.3 Å². The van der Waals surface area contributed by atoms with Crippen LogP contribution in [0.5, 0.6) is 0 Å². The smallest absolute Gasteiger partial charge is 0.220 e. The molecule has 0 bridgehead atoms. The van der Waals surface area contributed by atoms with Gasteiger partial charge in [-0.15, -0.1) is 24.8 Å². The van der Waals surface area contributed by atoms with E-state index in [0.29, 0.717) is 24.8 Å². The SMILES string of the molecule is Cl.Cl.N[C@@H]1CCC[C@H]1CC(=O)NCC1CCN(CC(O)c2ccccc2)CC1. The second-order valence-electron chi connectivity index (χ2n) is 8.03. The number of β-amino-alcohol motifs (C(OH)–C–C–N with tert-alkyl or cyclic N) is 1. The van der Waals surface area contributed by atoms with E-state index in [0.717, 1.165) is 57.3 Å². The Kier molecular flexibility index (Phi) is 11.4. The molecule has 2 aliphatic rings. The van der Waals surface area contributed by atoms with Gasteiger partial charge in [-0.1, -0.05) is 36.8 Å². The molecule has 5 nitrogen and oxygen atoms in total. The van der Waals surface area contributed by atoms with Gasteiger partial charge >= 0.3 is 0 Å². The van der Waals surface area contributed by atoms with Crippen LogP contribution in [0.2, 0.25) is 0 Å². The fourth-order valence-electron chi connectivity index (χ4n) is 4.29. The van der Waals surface area contributed by atoms with Crippen molar-refractivity contribution in [2.45, 2.75) is 50.7 Å². The van der Waals surface area contributed by atoms with Gasteiger partial charge < -0.3 is 21.1 Å². The quantitative estimate of drug-likeness (QED) is 0.619. The molecule has 1 aliphatic heterocycles. The number of carbonyl (C=O) groups is 1. The van der Waals surface area contributed by atoms with Crippen molar-refractivity contribution in [3.05, 3.63) is 35.9 Å². The molecule has 0 radical (unpaired) electrons. The molecule has 1 amide bonds. The number of aliphatic hydroxyl groups excluding tert-OH is 1. The first-order chi connectivity index (χ1) is 12.6. The molecule has 1 aromatic carbocycles. The molecule has 3 rings (SSSR count). The molecule has 1 saturated heterocycles. The van der Waals surface area contributed by atoms with Crippen molar-refractivity contribution in [1.29, 1.82) is 0 Å². The van der Waals surface area contributed by atoms with Gasteiger partial charge in [0.2, 0.25) is 5.91 Å². The highest BCUT2D eigenvalue weighted by molar-refractivity contribution is 5.85. The van der Waals surface area contributed by atoms with Crippen LogP contribution in [0.1, 0.15) is 50.2 Å². The minimum atomic E-state index is -0.428. The number of hydrogen-bond acceptors (Lipinski definition) is 4. The van der Waals surface area contributed by atoms with Crippen molar-refractivity contribution in [2.24, 2.45) is 17.6 Å². The van der Waals surface area contributed by atoms with Crippen LogP contribution >= 0.6 is 24.8 Å². The second-order valence-corrected chi connectivity index (χ2v) is 8.03. The number of aliphatic hydroxyl groups is 1. The van der Waals surface area contributed by atoms with Gasteiger partial charge in [0.15, 0.2) is 0 Å². The minimum Gasteiger partial charge on any atom is -0.387 e. The van der Waals surface area contributed by atoms with Crippen LogP contribution in [0, 0.1) is 11.8 Å². The van der Waals surface area contributed by atoms with Crippen LogP contribution in [0.25, 0.3) is 0 Å². The summed E-state index contributed by atoms with van der Waals surface area (Å²) >= 11 is 0. The van der Waals surface area contributed by atoms with E-state index in [2.05, 4.69) is 10.2 Å². The number of nitrogens with zero attached hydrogens (tertiary/aromatic N) is 1. The molecule has 1 unspecified atom stereocenters. The molecule has 1 aliphatic carbocycles. The summed E-state index contributed by atoms with van der Waals surface area (Å²) in [7, 11) is 0. The zero-order valence-electron chi connectivity index (χ0n) is 16.5. The summed E-state index contributed by atoms with van der Waals surface area (Å²) in [5.74, 6) is 1.08. The Morgan fingerprint density at radius 1 is 1.14 bits per heavy atom. The first-order valence-electron chi connectivity index (χ1n) is 10.1. The predicted molar refractivity (Wildman–Crippen MR) is 118 cm³/mol. The van der Waals surface area contributed by atoms with Gasteiger partial charge in [-0.2, -0.15) is 0 Å². The van der Waals surface area contributed by atoms with Crippen LogP contribution in [0.15, 0.2) is 30.3 Å². The molecule has 1 saturated carbocycles. The van der Waals surface area contributed by atoms with Crippen molar-refractivity contribution >= 4 is 30.7 Å². The molecule has 1 heterocycles. The van der Waals surface area contributed by atoms with E-state index in [-0.39, 0.29) is 36.8 Å².